The molecule has 0 aliphatic heterocycles. The third-order valence-corrected chi connectivity index (χ3v) is 5.90. The predicted molar refractivity (Wildman–Crippen MR) is 113 cm³/mol. The molecular weight excluding hydrogens is 372 g/mol. The fourth-order valence-corrected chi connectivity index (χ4v) is 4.32. The van der Waals surface area contributed by atoms with E-state index in [1.807, 2.05) is 31.2 Å². The van der Waals surface area contributed by atoms with E-state index < -0.39 is 0 Å². The Morgan fingerprint density at radius 2 is 1.96 bits per heavy atom. The molecule has 0 amide bonds. The number of hydrogen-bond donors (Lipinski definition) is 1. The maximum atomic E-state index is 13.0. The predicted octanol–water partition coefficient (Wildman–Crippen LogP) is 6.34. The Morgan fingerprint density at radius 3 is 2.79 bits per heavy atom. The van der Waals surface area contributed by atoms with E-state index in [9.17, 15) is 4.79 Å². The summed E-state index contributed by atoms with van der Waals surface area (Å²) in [5, 5.41) is 4.05. The topological polar surface area (TPSA) is 55.1 Å². The maximum Gasteiger partial charge on any atom is 0.295 e. The number of rotatable bonds is 4. The number of nitrogens with zero attached hydrogens (tertiary/aromatic N) is 1. The lowest BCUT2D eigenvalue weighted by Crippen LogP contribution is -2.20. The van der Waals surface area contributed by atoms with Gasteiger partial charge in [0.25, 0.3) is 6.01 Å². The number of ketones is 1. The molecule has 0 bridgehead atoms. The molecule has 2 aromatic carbocycles. The van der Waals surface area contributed by atoms with Crippen LogP contribution in [0.5, 0.6) is 0 Å². The lowest BCUT2D eigenvalue weighted by molar-refractivity contribution is 0.0907. The van der Waals surface area contributed by atoms with Crippen LogP contribution in [0.1, 0.15) is 53.6 Å². The number of carbonyl (C=O) groups excluding carboxylic acids is 1. The molecule has 3 aromatic rings. The van der Waals surface area contributed by atoms with Gasteiger partial charge in [-0.15, -0.1) is 0 Å². The van der Waals surface area contributed by atoms with Crippen LogP contribution in [0.4, 0.5) is 6.01 Å². The molecule has 2 atom stereocenters. The summed E-state index contributed by atoms with van der Waals surface area (Å²) in [6, 6.07) is 12.3. The van der Waals surface area contributed by atoms with Gasteiger partial charge in [-0.05, 0) is 57.2 Å². The fourth-order valence-electron chi connectivity index (χ4n) is 4.15. The van der Waals surface area contributed by atoms with Crippen LogP contribution in [-0.4, -0.2) is 16.8 Å². The number of aromatic nitrogens is 1. The first kappa shape index (κ1) is 19.0. The second-order valence-electron chi connectivity index (χ2n) is 7.86. The summed E-state index contributed by atoms with van der Waals surface area (Å²) >= 11 is 6.02. The van der Waals surface area contributed by atoms with Crippen LogP contribution in [0.3, 0.4) is 0 Å². The maximum absolute atomic E-state index is 13.0. The van der Waals surface area contributed by atoms with Gasteiger partial charge < -0.3 is 9.73 Å². The van der Waals surface area contributed by atoms with Crippen molar-refractivity contribution in [3.63, 3.8) is 0 Å². The van der Waals surface area contributed by atoms with E-state index in [-0.39, 0.29) is 17.7 Å². The molecule has 0 radical (unpaired) electrons. The van der Waals surface area contributed by atoms with Crippen molar-refractivity contribution in [1.82, 2.24) is 4.98 Å². The molecule has 1 unspecified atom stereocenters. The summed E-state index contributed by atoms with van der Waals surface area (Å²) in [6.45, 7) is 4.09. The molecule has 4 nitrogen and oxygen atoms in total. The van der Waals surface area contributed by atoms with Crippen molar-refractivity contribution >= 4 is 34.5 Å². The van der Waals surface area contributed by atoms with Crippen molar-refractivity contribution in [3.05, 3.63) is 58.1 Å². The van der Waals surface area contributed by atoms with Gasteiger partial charge >= 0.3 is 0 Å². The van der Waals surface area contributed by atoms with Gasteiger partial charge in [0.1, 0.15) is 5.52 Å². The molecule has 0 saturated heterocycles. The van der Waals surface area contributed by atoms with E-state index in [4.69, 9.17) is 16.0 Å². The van der Waals surface area contributed by atoms with Crippen molar-refractivity contribution in [2.24, 2.45) is 5.92 Å². The summed E-state index contributed by atoms with van der Waals surface area (Å²) in [4.78, 5) is 17.5. The van der Waals surface area contributed by atoms with Crippen LogP contribution in [0.15, 0.2) is 40.8 Å². The Balaban J connectivity index is 1.42. The minimum atomic E-state index is 0.0932. The average molecular weight is 397 g/mol. The zero-order valence-corrected chi connectivity index (χ0v) is 17.1. The number of nitrogens with one attached hydrogen (secondary N) is 1. The molecule has 1 saturated carbocycles. The third kappa shape index (κ3) is 4.07. The van der Waals surface area contributed by atoms with Crippen LogP contribution < -0.4 is 5.32 Å². The molecule has 0 spiro atoms. The minimum absolute atomic E-state index is 0.0932. The summed E-state index contributed by atoms with van der Waals surface area (Å²) in [7, 11) is 0. The highest BCUT2D eigenvalue weighted by atomic mass is 35.5. The van der Waals surface area contributed by atoms with Crippen LogP contribution in [0, 0.1) is 19.8 Å². The van der Waals surface area contributed by atoms with Crippen molar-refractivity contribution < 1.29 is 9.21 Å². The first-order chi connectivity index (χ1) is 13.5. The molecule has 4 rings (SSSR count). The van der Waals surface area contributed by atoms with Gasteiger partial charge in [-0.2, -0.15) is 4.98 Å². The molecule has 1 N–H and O–H groups in total. The van der Waals surface area contributed by atoms with Gasteiger partial charge in [-0.25, -0.2) is 0 Å². The number of hydrogen-bond acceptors (Lipinski definition) is 4. The Hall–Kier alpha value is -2.33. The fraction of sp³-hybridized carbons (Fsp3) is 0.391. The Morgan fingerprint density at radius 1 is 1.11 bits per heavy atom. The summed E-state index contributed by atoms with van der Waals surface area (Å²) in [5.74, 6) is 0.380. The minimum Gasteiger partial charge on any atom is -0.423 e. The highest BCUT2D eigenvalue weighted by Gasteiger charge is 2.26. The third-order valence-electron chi connectivity index (χ3n) is 5.67. The van der Waals surface area contributed by atoms with Gasteiger partial charge in [0.05, 0.1) is 0 Å². The Kier molecular flexibility index (Phi) is 5.40. The number of benzene rings is 2. The molecule has 146 valence electrons. The van der Waals surface area contributed by atoms with E-state index in [0.717, 1.165) is 48.7 Å². The first-order valence-electron chi connectivity index (χ1n) is 9.93. The summed E-state index contributed by atoms with van der Waals surface area (Å²) in [5.41, 5.74) is 4.63. The standard InChI is InChI=1S/C23H25ClN2O2/c1-14-6-10-19(15(2)12-14)22(27)16-4-3-5-18(9-7-16)25-23-26-20-11-8-17(24)13-21(20)28-23/h6,8,10-13,16,18H,3-5,7,9H2,1-2H3,(H,25,26)/t16?,18-/m0/s1. The van der Waals surface area contributed by atoms with Crippen molar-refractivity contribution in [2.75, 3.05) is 5.32 Å². The number of anilines is 1. The molecule has 28 heavy (non-hydrogen) atoms. The molecule has 1 heterocycles. The second kappa shape index (κ2) is 7.96. The highest BCUT2D eigenvalue weighted by molar-refractivity contribution is 6.31. The van der Waals surface area contributed by atoms with Crippen molar-refractivity contribution in [2.45, 2.75) is 52.0 Å². The van der Waals surface area contributed by atoms with Crippen LogP contribution >= 0.6 is 11.6 Å². The lowest BCUT2D eigenvalue weighted by Gasteiger charge is -2.16. The average Bonchev–Trinajstić information content (AvgIpc) is 2.89. The quantitative estimate of drug-likeness (QED) is 0.412. The number of carbonyl (C=O) groups is 1. The number of Topliss-reactive ketones (excluding diaryl/α,β-unsaturated/α-hetero) is 1. The molecule has 1 aromatic heterocycles. The van der Waals surface area contributed by atoms with E-state index in [1.165, 1.54) is 5.56 Å². The monoisotopic (exact) mass is 396 g/mol. The Labute approximate surface area is 170 Å². The zero-order chi connectivity index (χ0) is 19.7. The molecule has 1 aliphatic rings. The van der Waals surface area contributed by atoms with Gasteiger partial charge in [0, 0.05) is 28.6 Å². The highest BCUT2D eigenvalue weighted by Crippen LogP contribution is 2.30. The van der Waals surface area contributed by atoms with Gasteiger partial charge in [0.15, 0.2) is 11.4 Å². The van der Waals surface area contributed by atoms with E-state index >= 15 is 0 Å². The van der Waals surface area contributed by atoms with Crippen molar-refractivity contribution in [3.8, 4) is 0 Å². The normalized spacial score (nSPS) is 20.1. The van der Waals surface area contributed by atoms with Crippen LogP contribution in [0.2, 0.25) is 5.02 Å². The molecule has 1 aliphatic carbocycles. The second-order valence-corrected chi connectivity index (χ2v) is 8.30. The number of aryl methyl sites for hydroxylation is 2. The van der Waals surface area contributed by atoms with E-state index in [1.54, 1.807) is 6.07 Å². The van der Waals surface area contributed by atoms with Crippen LogP contribution in [-0.2, 0) is 0 Å². The Bertz CT molecular complexity index is 1010. The molecular formula is C23H25ClN2O2. The molecule has 5 heteroatoms. The largest absolute Gasteiger partial charge is 0.423 e. The first-order valence-corrected chi connectivity index (χ1v) is 10.3. The lowest BCUT2D eigenvalue weighted by atomic mass is 9.88. The number of fused-ring (bicyclic) bond motifs is 1. The van der Waals surface area contributed by atoms with Gasteiger partial charge in [-0.1, -0.05) is 41.8 Å². The SMILES string of the molecule is Cc1ccc(C(=O)C2CCC[C@H](Nc3nc4ccc(Cl)cc4o3)CC2)c(C)c1. The zero-order valence-electron chi connectivity index (χ0n) is 16.3. The van der Waals surface area contributed by atoms with Gasteiger partial charge in [0.2, 0.25) is 0 Å². The van der Waals surface area contributed by atoms with E-state index in [2.05, 4.69) is 23.3 Å². The van der Waals surface area contributed by atoms with E-state index in [0.29, 0.717) is 16.6 Å². The van der Waals surface area contributed by atoms with Gasteiger partial charge in [-0.3, -0.25) is 4.79 Å². The number of halogens is 1. The molecule has 1 fully saturated rings. The summed E-state index contributed by atoms with van der Waals surface area (Å²) < 4.78 is 5.79. The summed E-state index contributed by atoms with van der Waals surface area (Å²) in [6.07, 6.45) is 4.78. The van der Waals surface area contributed by atoms with Crippen molar-refractivity contribution in [1.29, 1.82) is 0 Å². The number of oxazole rings is 1. The van der Waals surface area contributed by atoms with Crippen LogP contribution in [0.25, 0.3) is 11.1 Å². The smallest absolute Gasteiger partial charge is 0.295 e.